The molecule has 2 aromatic rings. The molecule has 3 rings (SSSR count). The van der Waals surface area contributed by atoms with E-state index in [0.29, 0.717) is 17.3 Å². The Kier molecular flexibility index (Phi) is 7.07. The molecule has 1 aliphatic rings. The van der Waals surface area contributed by atoms with Gasteiger partial charge in [-0.05, 0) is 31.2 Å². The van der Waals surface area contributed by atoms with Crippen LogP contribution in [0, 0.1) is 0 Å². The van der Waals surface area contributed by atoms with Gasteiger partial charge in [0.25, 0.3) is 5.91 Å². The van der Waals surface area contributed by atoms with Crippen LogP contribution in [-0.4, -0.2) is 60.1 Å². The number of morpholine rings is 1. The molecule has 1 atom stereocenters. The third-order valence-corrected chi connectivity index (χ3v) is 5.45. The fourth-order valence-electron chi connectivity index (χ4n) is 2.84. The Bertz CT molecular complexity index is 747. The highest BCUT2D eigenvalue weighted by Gasteiger charge is 2.20. The molecule has 6 nitrogen and oxygen atoms in total. The summed E-state index contributed by atoms with van der Waals surface area (Å²) in [5.41, 5.74) is 0.901. The molecule has 0 saturated carbocycles. The van der Waals surface area contributed by atoms with Crippen LogP contribution in [-0.2, 0) is 22.6 Å². The zero-order valence-electron chi connectivity index (χ0n) is 15.6. The minimum absolute atomic E-state index is 0.0901. The molecule has 1 aromatic carbocycles. The summed E-state index contributed by atoms with van der Waals surface area (Å²) in [4.78, 5) is 21.2. The van der Waals surface area contributed by atoms with Crippen molar-refractivity contribution in [1.29, 1.82) is 0 Å². The highest BCUT2D eigenvalue weighted by molar-refractivity contribution is 7.09. The Morgan fingerprint density at radius 2 is 2.07 bits per heavy atom. The van der Waals surface area contributed by atoms with Crippen LogP contribution < -0.4 is 4.74 Å². The van der Waals surface area contributed by atoms with E-state index in [1.807, 2.05) is 5.38 Å². The fraction of sp³-hybridized carbons (Fsp3) is 0.474. The maximum Gasteiger partial charge on any atom is 0.263 e. The van der Waals surface area contributed by atoms with Crippen LogP contribution in [0.2, 0.25) is 5.02 Å². The van der Waals surface area contributed by atoms with Gasteiger partial charge >= 0.3 is 0 Å². The Morgan fingerprint density at radius 1 is 1.37 bits per heavy atom. The van der Waals surface area contributed by atoms with Crippen molar-refractivity contribution < 1.29 is 14.3 Å². The molecule has 1 aromatic heterocycles. The number of hydrogen-bond donors (Lipinski definition) is 0. The number of benzene rings is 1. The highest BCUT2D eigenvalue weighted by Crippen LogP contribution is 2.18. The molecule has 0 N–H and O–H groups in total. The van der Waals surface area contributed by atoms with Gasteiger partial charge in [-0.1, -0.05) is 11.6 Å². The summed E-state index contributed by atoms with van der Waals surface area (Å²) in [6.45, 7) is 6.48. The summed E-state index contributed by atoms with van der Waals surface area (Å²) in [5.74, 6) is 0.530. The van der Waals surface area contributed by atoms with E-state index in [2.05, 4.69) is 9.88 Å². The van der Waals surface area contributed by atoms with E-state index in [1.165, 1.54) is 0 Å². The third kappa shape index (κ3) is 5.90. The van der Waals surface area contributed by atoms with E-state index in [1.54, 1.807) is 54.5 Å². The number of hydrogen-bond acceptors (Lipinski definition) is 6. The number of carbonyl (C=O) groups excluding carboxylic acids is 1. The molecule has 8 heteroatoms. The maximum atomic E-state index is 12.6. The number of amides is 1. The van der Waals surface area contributed by atoms with Gasteiger partial charge in [-0.2, -0.15) is 0 Å². The van der Waals surface area contributed by atoms with Crippen molar-refractivity contribution >= 4 is 28.8 Å². The normalized spacial score (nSPS) is 16.1. The zero-order valence-corrected chi connectivity index (χ0v) is 17.1. The average Bonchev–Trinajstić information content (AvgIpc) is 3.10. The van der Waals surface area contributed by atoms with Crippen LogP contribution in [0.1, 0.15) is 17.6 Å². The molecule has 1 amide bonds. The molecule has 1 aliphatic heterocycles. The molecule has 1 fully saturated rings. The summed E-state index contributed by atoms with van der Waals surface area (Å²) < 4.78 is 11.1. The minimum atomic E-state index is -0.581. The van der Waals surface area contributed by atoms with E-state index >= 15 is 0 Å². The summed E-state index contributed by atoms with van der Waals surface area (Å²) in [5, 5.41) is 3.72. The number of carbonyl (C=O) groups is 1. The van der Waals surface area contributed by atoms with E-state index in [0.717, 1.165) is 43.5 Å². The Hall–Kier alpha value is -1.67. The van der Waals surface area contributed by atoms with Crippen molar-refractivity contribution in [2.45, 2.75) is 26.1 Å². The summed E-state index contributed by atoms with van der Waals surface area (Å²) in [6, 6.07) is 6.99. The van der Waals surface area contributed by atoms with E-state index in [4.69, 9.17) is 21.1 Å². The van der Waals surface area contributed by atoms with Crippen molar-refractivity contribution in [1.82, 2.24) is 14.8 Å². The van der Waals surface area contributed by atoms with Gasteiger partial charge in [-0.25, -0.2) is 4.98 Å². The first kappa shape index (κ1) is 20.1. The van der Waals surface area contributed by atoms with Gasteiger partial charge in [-0.15, -0.1) is 11.3 Å². The summed E-state index contributed by atoms with van der Waals surface area (Å²) in [7, 11) is 1.77. The van der Waals surface area contributed by atoms with Gasteiger partial charge in [0.2, 0.25) is 0 Å². The number of aromatic nitrogens is 1. The van der Waals surface area contributed by atoms with E-state index in [-0.39, 0.29) is 5.91 Å². The number of rotatable bonds is 7. The first-order chi connectivity index (χ1) is 13.0. The number of likely N-dealkylation sites (N-methyl/N-ethyl adjacent to an activating group) is 1. The zero-order chi connectivity index (χ0) is 19.2. The van der Waals surface area contributed by atoms with Crippen molar-refractivity contribution in [3.63, 3.8) is 0 Å². The molecule has 0 aliphatic carbocycles. The lowest BCUT2D eigenvalue weighted by Crippen LogP contribution is -2.37. The molecular weight excluding hydrogens is 386 g/mol. The van der Waals surface area contributed by atoms with Crippen molar-refractivity contribution in [3.05, 3.63) is 45.4 Å². The van der Waals surface area contributed by atoms with Crippen LogP contribution in [0.5, 0.6) is 5.75 Å². The van der Waals surface area contributed by atoms with E-state index < -0.39 is 6.10 Å². The molecule has 0 radical (unpaired) electrons. The van der Waals surface area contributed by atoms with Crippen LogP contribution in [0.3, 0.4) is 0 Å². The molecule has 2 heterocycles. The Labute approximate surface area is 168 Å². The lowest BCUT2D eigenvalue weighted by atomic mass is 10.3. The van der Waals surface area contributed by atoms with Gasteiger partial charge in [0.1, 0.15) is 10.8 Å². The predicted molar refractivity (Wildman–Crippen MR) is 106 cm³/mol. The smallest absolute Gasteiger partial charge is 0.263 e. The van der Waals surface area contributed by atoms with Gasteiger partial charge in [0.15, 0.2) is 6.10 Å². The van der Waals surface area contributed by atoms with Crippen molar-refractivity contribution in [2.75, 3.05) is 33.4 Å². The Morgan fingerprint density at radius 3 is 2.78 bits per heavy atom. The number of halogens is 1. The van der Waals surface area contributed by atoms with Gasteiger partial charge in [0.05, 0.1) is 32.0 Å². The maximum absolute atomic E-state index is 12.6. The van der Waals surface area contributed by atoms with Crippen molar-refractivity contribution in [3.8, 4) is 5.75 Å². The molecule has 0 spiro atoms. The number of nitrogens with zero attached hydrogens (tertiary/aromatic N) is 3. The second-order valence-electron chi connectivity index (χ2n) is 6.53. The van der Waals surface area contributed by atoms with Crippen LogP contribution in [0.15, 0.2) is 29.6 Å². The molecule has 27 heavy (non-hydrogen) atoms. The monoisotopic (exact) mass is 409 g/mol. The lowest BCUT2D eigenvalue weighted by molar-refractivity contribution is -0.137. The largest absolute Gasteiger partial charge is 0.481 e. The third-order valence-electron chi connectivity index (χ3n) is 4.31. The lowest BCUT2D eigenvalue weighted by Gasteiger charge is -2.25. The SMILES string of the molecule is CC(Oc1ccc(Cl)cc1)C(=O)N(C)Cc1csc(CN2CCOCC2)n1. The molecule has 1 unspecified atom stereocenters. The number of thiazole rings is 1. The van der Waals surface area contributed by atoms with Gasteiger partial charge in [-0.3, -0.25) is 9.69 Å². The second kappa shape index (κ2) is 9.50. The standard InChI is InChI=1S/C19H24ClN3O3S/c1-14(26-17-5-3-15(20)4-6-17)19(24)22(2)11-16-13-27-18(21-16)12-23-7-9-25-10-8-23/h3-6,13-14H,7-12H2,1-2H3. The minimum Gasteiger partial charge on any atom is -0.481 e. The predicted octanol–water partition coefficient (Wildman–Crippen LogP) is 3.05. The van der Waals surface area contributed by atoms with Crippen LogP contribution in [0.25, 0.3) is 0 Å². The van der Waals surface area contributed by atoms with E-state index in [9.17, 15) is 4.79 Å². The molecule has 1 saturated heterocycles. The summed E-state index contributed by atoms with van der Waals surface area (Å²) >= 11 is 7.50. The van der Waals surface area contributed by atoms with Crippen molar-refractivity contribution in [2.24, 2.45) is 0 Å². The van der Waals surface area contributed by atoms with Crippen LogP contribution in [0.4, 0.5) is 0 Å². The number of ether oxygens (including phenoxy) is 2. The molecule has 146 valence electrons. The quantitative estimate of drug-likeness (QED) is 0.703. The average molecular weight is 410 g/mol. The Balaban J connectivity index is 1.50. The topological polar surface area (TPSA) is 54.9 Å². The van der Waals surface area contributed by atoms with Crippen LogP contribution >= 0.6 is 22.9 Å². The molecule has 0 bridgehead atoms. The first-order valence-electron chi connectivity index (χ1n) is 8.92. The van der Waals surface area contributed by atoms with Gasteiger partial charge < -0.3 is 14.4 Å². The highest BCUT2D eigenvalue weighted by atomic mass is 35.5. The first-order valence-corrected chi connectivity index (χ1v) is 10.2. The fourth-order valence-corrected chi connectivity index (χ4v) is 3.80. The molecular formula is C19H24ClN3O3S. The second-order valence-corrected chi connectivity index (χ2v) is 7.91. The van der Waals surface area contributed by atoms with Gasteiger partial charge in [0, 0.05) is 30.5 Å². The summed E-state index contributed by atoms with van der Waals surface area (Å²) in [6.07, 6.45) is -0.581.